The van der Waals surface area contributed by atoms with Gasteiger partial charge in [-0.25, -0.2) is 0 Å². The van der Waals surface area contributed by atoms with Gasteiger partial charge in [0.1, 0.15) is 0 Å². The fourth-order valence-corrected chi connectivity index (χ4v) is 0.794. The SMILES string of the molecule is CCSCCN=[N+]=[N-]. The standard InChI is InChI=1S/C4H9N3S/c1-2-8-4-3-6-7-5/h2-4H2,1H3. The van der Waals surface area contributed by atoms with Crippen molar-refractivity contribution < 1.29 is 0 Å². The third kappa shape index (κ3) is 5.66. The van der Waals surface area contributed by atoms with Crippen LogP contribution in [0.25, 0.3) is 10.4 Å². The Bertz CT molecular complexity index is 87.3. The van der Waals surface area contributed by atoms with Crippen LogP contribution in [0.15, 0.2) is 5.11 Å². The molecule has 0 aliphatic rings. The fourth-order valence-electron chi connectivity index (χ4n) is 0.294. The molecule has 0 aromatic rings. The fraction of sp³-hybridized carbons (Fsp3) is 1.00. The quantitative estimate of drug-likeness (QED) is 0.249. The average Bonchev–Trinajstić information content (AvgIpc) is 1.81. The lowest BCUT2D eigenvalue weighted by atomic mass is 10.8. The van der Waals surface area contributed by atoms with Gasteiger partial charge in [0.25, 0.3) is 0 Å². The molecule has 0 aliphatic carbocycles. The van der Waals surface area contributed by atoms with Crippen LogP contribution in [0.1, 0.15) is 6.92 Å². The highest BCUT2D eigenvalue weighted by atomic mass is 32.2. The van der Waals surface area contributed by atoms with E-state index in [1.165, 1.54) is 0 Å². The normalized spacial score (nSPS) is 8.12. The van der Waals surface area contributed by atoms with Crippen molar-refractivity contribution in [3.63, 3.8) is 0 Å². The minimum atomic E-state index is 0.620. The maximum atomic E-state index is 7.81. The first kappa shape index (κ1) is 7.66. The molecular formula is C4H9N3S. The van der Waals surface area contributed by atoms with E-state index in [4.69, 9.17) is 5.53 Å². The summed E-state index contributed by atoms with van der Waals surface area (Å²) >= 11 is 1.78. The first-order chi connectivity index (χ1) is 3.91. The highest BCUT2D eigenvalue weighted by Gasteiger charge is 1.79. The molecule has 0 unspecified atom stereocenters. The lowest BCUT2D eigenvalue weighted by molar-refractivity contribution is 1.12. The second kappa shape index (κ2) is 6.66. The summed E-state index contributed by atoms with van der Waals surface area (Å²) in [5.74, 6) is 2.04. The zero-order valence-electron chi connectivity index (χ0n) is 4.87. The minimum Gasteiger partial charge on any atom is -0.162 e. The van der Waals surface area contributed by atoms with Crippen molar-refractivity contribution in [1.29, 1.82) is 0 Å². The smallest absolute Gasteiger partial charge is 0.0348 e. The van der Waals surface area contributed by atoms with Crippen molar-refractivity contribution in [3.8, 4) is 0 Å². The Morgan fingerprint density at radius 2 is 2.50 bits per heavy atom. The van der Waals surface area contributed by atoms with Gasteiger partial charge in [-0.2, -0.15) is 11.8 Å². The summed E-state index contributed by atoms with van der Waals surface area (Å²) in [7, 11) is 0. The van der Waals surface area contributed by atoms with Gasteiger partial charge in [-0.05, 0) is 17.0 Å². The molecule has 0 aromatic heterocycles. The lowest BCUT2D eigenvalue weighted by Gasteiger charge is -1.87. The predicted octanol–water partition coefficient (Wildman–Crippen LogP) is 2.05. The zero-order valence-corrected chi connectivity index (χ0v) is 5.69. The number of thioether (sulfide) groups is 1. The molecule has 0 N–H and O–H groups in total. The highest BCUT2D eigenvalue weighted by Crippen LogP contribution is 1.96. The molecule has 0 rings (SSSR count). The summed E-state index contributed by atoms with van der Waals surface area (Å²) in [4.78, 5) is 2.62. The minimum absolute atomic E-state index is 0.620. The Kier molecular flexibility index (Phi) is 6.38. The van der Waals surface area contributed by atoms with Gasteiger partial charge in [-0.1, -0.05) is 12.0 Å². The second-order valence-electron chi connectivity index (χ2n) is 1.15. The summed E-state index contributed by atoms with van der Waals surface area (Å²) in [6, 6.07) is 0. The van der Waals surface area contributed by atoms with E-state index < -0.39 is 0 Å². The van der Waals surface area contributed by atoms with Crippen LogP contribution in [0.5, 0.6) is 0 Å². The summed E-state index contributed by atoms with van der Waals surface area (Å²) < 4.78 is 0. The van der Waals surface area contributed by atoms with Gasteiger partial charge in [0, 0.05) is 11.5 Å². The van der Waals surface area contributed by atoms with Crippen LogP contribution < -0.4 is 0 Å². The summed E-state index contributed by atoms with van der Waals surface area (Å²) in [6.07, 6.45) is 0. The molecule has 3 nitrogen and oxygen atoms in total. The molecule has 0 aromatic carbocycles. The van der Waals surface area contributed by atoms with Crippen molar-refractivity contribution in [2.24, 2.45) is 5.11 Å². The van der Waals surface area contributed by atoms with E-state index in [1.54, 1.807) is 11.8 Å². The second-order valence-corrected chi connectivity index (χ2v) is 2.55. The number of nitrogens with zero attached hydrogens (tertiary/aromatic N) is 3. The van der Waals surface area contributed by atoms with Crippen LogP contribution >= 0.6 is 11.8 Å². The number of hydrogen-bond acceptors (Lipinski definition) is 2. The molecular weight excluding hydrogens is 122 g/mol. The molecule has 0 saturated heterocycles. The molecule has 0 fully saturated rings. The van der Waals surface area contributed by atoms with Crippen LogP contribution in [0, 0.1) is 0 Å². The van der Waals surface area contributed by atoms with Crippen molar-refractivity contribution in [3.05, 3.63) is 10.4 Å². The maximum Gasteiger partial charge on any atom is 0.0348 e. The third-order valence-electron chi connectivity index (χ3n) is 0.603. The molecule has 0 spiro atoms. The molecule has 0 amide bonds. The van der Waals surface area contributed by atoms with E-state index in [1.807, 2.05) is 0 Å². The topological polar surface area (TPSA) is 48.8 Å². The van der Waals surface area contributed by atoms with Crippen LogP contribution in [-0.4, -0.2) is 18.1 Å². The van der Waals surface area contributed by atoms with Crippen LogP contribution in [0.2, 0.25) is 0 Å². The number of hydrogen-bond donors (Lipinski definition) is 0. The Labute approximate surface area is 53.1 Å². The van der Waals surface area contributed by atoms with Crippen molar-refractivity contribution >= 4 is 11.8 Å². The Hall–Kier alpha value is -0.340. The average molecular weight is 131 g/mol. The molecule has 8 heavy (non-hydrogen) atoms. The lowest BCUT2D eigenvalue weighted by Crippen LogP contribution is -1.81. The van der Waals surface area contributed by atoms with Gasteiger partial charge in [-0.3, -0.25) is 0 Å². The molecule has 0 heterocycles. The van der Waals surface area contributed by atoms with E-state index in [2.05, 4.69) is 16.9 Å². The first-order valence-corrected chi connectivity index (χ1v) is 3.66. The monoisotopic (exact) mass is 131 g/mol. The van der Waals surface area contributed by atoms with E-state index in [9.17, 15) is 0 Å². The van der Waals surface area contributed by atoms with Crippen molar-refractivity contribution in [2.75, 3.05) is 18.1 Å². The molecule has 0 aliphatic heterocycles. The summed E-state index contributed by atoms with van der Waals surface area (Å²) in [5.41, 5.74) is 7.81. The maximum absolute atomic E-state index is 7.81. The molecule has 0 saturated carbocycles. The molecule has 0 atom stereocenters. The highest BCUT2D eigenvalue weighted by molar-refractivity contribution is 7.99. The number of azide groups is 1. The van der Waals surface area contributed by atoms with Crippen molar-refractivity contribution in [1.82, 2.24) is 0 Å². The van der Waals surface area contributed by atoms with Crippen LogP contribution in [-0.2, 0) is 0 Å². The van der Waals surface area contributed by atoms with Gasteiger partial charge in [0.2, 0.25) is 0 Å². The van der Waals surface area contributed by atoms with Gasteiger partial charge < -0.3 is 0 Å². The van der Waals surface area contributed by atoms with Crippen LogP contribution in [0.4, 0.5) is 0 Å². The Morgan fingerprint density at radius 1 is 1.75 bits per heavy atom. The zero-order chi connectivity index (χ0) is 6.24. The van der Waals surface area contributed by atoms with Gasteiger partial charge >= 0.3 is 0 Å². The molecule has 46 valence electrons. The largest absolute Gasteiger partial charge is 0.162 e. The number of rotatable bonds is 4. The third-order valence-corrected chi connectivity index (χ3v) is 1.48. The Balaban J connectivity index is 2.82. The van der Waals surface area contributed by atoms with E-state index in [-0.39, 0.29) is 0 Å². The predicted molar refractivity (Wildman–Crippen MR) is 37.0 cm³/mol. The van der Waals surface area contributed by atoms with Crippen LogP contribution in [0.3, 0.4) is 0 Å². The van der Waals surface area contributed by atoms with Gasteiger partial charge in [0.05, 0.1) is 0 Å². The summed E-state index contributed by atoms with van der Waals surface area (Å²) in [5, 5.41) is 3.37. The van der Waals surface area contributed by atoms with Crippen molar-refractivity contribution in [2.45, 2.75) is 6.92 Å². The summed E-state index contributed by atoms with van der Waals surface area (Å²) in [6.45, 7) is 2.70. The Morgan fingerprint density at radius 3 is 3.00 bits per heavy atom. The first-order valence-electron chi connectivity index (χ1n) is 2.50. The van der Waals surface area contributed by atoms with E-state index in [0.717, 1.165) is 11.5 Å². The molecule has 4 heteroatoms. The molecule has 0 radical (unpaired) electrons. The molecule has 0 bridgehead atoms. The van der Waals surface area contributed by atoms with E-state index in [0.29, 0.717) is 6.54 Å². The van der Waals surface area contributed by atoms with Gasteiger partial charge in [-0.15, -0.1) is 0 Å². The van der Waals surface area contributed by atoms with Gasteiger partial charge in [0.15, 0.2) is 0 Å². The van der Waals surface area contributed by atoms with E-state index >= 15 is 0 Å².